The summed E-state index contributed by atoms with van der Waals surface area (Å²) in [4.78, 5) is 0. The molecule has 0 bridgehead atoms. The molecular weight excluding hydrogens is 558 g/mol. The zero-order valence-electron chi connectivity index (χ0n) is 23.4. The van der Waals surface area contributed by atoms with E-state index in [2.05, 4.69) is 5.32 Å². The molecule has 1 aromatic rings. The summed E-state index contributed by atoms with van der Waals surface area (Å²) in [5.41, 5.74) is 24.9. The van der Waals surface area contributed by atoms with Gasteiger partial charge >= 0.3 is 0 Å². The fourth-order valence-electron chi connectivity index (χ4n) is 5.46. The van der Waals surface area contributed by atoms with Crippen LogP contribution in [0.3, 0.4) is 0 Å². The maximum absolute atomic E-state index is 11.1. The highest BCUT2D eigenvalue weighted by molar-refractivity contribution is 5.46. The molecule has 3 aliphatic rings. The first-order chi connectivity index (χ1) is 20.1. The Hall–Kier alpha value is -1.74. The first-order valence-electron chi connectivity index (χ1n) is 14.0. The minimum absolute atomic E-state index is 0.124. The van der Waals surface area contributed by atoms with Gasteiger partial charge in [-0.15, -0.1) is 0 Å². The second-order valence-corrected chi connectivity index (χ2v) is 10.8. The van der Waals surface area contributed by atoms with E-state index in [4.69, 9.17) is 51.4 Å². The van der Waals surface area contributed by atoms with Crippen molar-refractivity contribution in [3.8, 4) is 5.75 Å². The number of aliphatic hydroxyl groups is 5. The standard InChI is InChI=1S/C26H45N5O11/c1-37-12-4-2-11(3-5-12)31-6-7-38-22-14(29)8-13(28)18(33)24(22)42-26-21(36)23(16(10-32)40-26)41-25-17(30)20(35)19(34)15(9-27)39-25/h2-5,13-26,31-36H,6-10,27-30H2,1H3/t13-,14+,15-,16-,17+,18+,19+,20+,21-,22-,23-,24-,25+,26+/m1/s1. The number of aliphatic hydroxyl groups excluding tert-OH is 5. The number of ether oxygens (including phenoxy) is 6. The highest BCUT2D eigenvalue weighted by Gasteiger charge is 2.53. The molecule has 16 nitrogen and oxygen atoms in total. The molecule has 1 aliphatic carbocycles. The largest absolute Gasteiger partial charge is 0.497 e. The Morgan fingerprint density at radius 1 is 0.833 bits per heavy atom. The Labute approximate surface area is 243 Å². The normalized spacial score (nSPS) is 42.4. The van der Waals surface area contributed by atoms with Crippen LogP contribution in [0.15, 0.2) is 24.3 Å². The van der Waals surface area contributed by atoms with E-state index in [0.29, 0.717) is 6.54 Å². The monoisotopic (exact) mass is 603 g/mol. The lowest BCUT2D eigenvalue weighted by Gasteiger charge is -2.43. The molecule has 42 heavy (non-hydrogen) atoms. The number of anilines is 1. The van der Waals surface area contributed by atoms with Gasteiger partial charge in [-0.3, -0.25) is 0 Å². The van der Waals surface area contributed by atoms with Crippen molar-refractivity contribution in [2.45, 2.75) is 92.1 Å². The summed E-state index contributed by atoms with van der Waals surface area (Å²) in [5.74, 6) is 0.730. The topological polar surface area (TPSA) is 273 Å². The van der Waals surface area contributed by atoms with E-state index < -0.39 is 92.2 Å². The Balaban J connectivity index is 1.39. The van der Waals surface area contributed by atoms with Crippen molar-refractivity contribution >= 4 is 5.69 Å². The molecular formula is C26H45N5O11. The summed E-state index contributed by atoms with van der Waals surface area (Å²) in [6.45, 7) is -0.0703. The predicted molar refractivity (Wildman–Crippen MR) is 147 cm³/mol. The summed E-state index contributed by atoms with van der Waals surface area (Å²) >= 11 is 0. The van der Waals surface area contributed by atoms with Gasteiger partial charge in [0, 0.05) is 30.9 Å². The molecule has 0 unspecified atom stereocenters. The average Bonchev–Trinajstić information content (AvgIpc) is 3.28. The molecule has 2 heterocycles. The molecule has 2 saturated heterocycles. The minimum atomic E-state index is -1.49. The molecule has 0 amide bonds. The number of methoxy groups -OCH3 is 1. The molecule has 1 aromatic carbocycles. The molecule has 4 rings (SSSR count). The van der Waals surface area contributed by atoms with E-state index in [-0.39, 0.29) is 19.6 Å². The van der Waals surface area contributed by atoms with Crippen LogP contribution in [0.4, 0.5) is 5.69 Å². The van der Waals surface area contributed by atoms with Gasteiger partial charge in [0.25, 0.3) is 0 Å². The lowest BCUT2D eigenvalue weighted by molar-refractivity contribution is -0.280. The highest BCUT2D eigenvalue weighted by Crippen LogP contribution is 2.33. The first-order valence-corrected chi connectivity index (χ1v) is 14.0. The number of rotatable bonds is 12. The Kier molecular flexibility index (Phi) is 11.7. The molecule has 1 saturated carbocycles. The molecule has 0 radical (unpaired) electrons. The van der Waals surface area contributed by atoms with Crippen LogP contribution >= 0.6 is 0 Å². The van der Waals surface area contributed by atoms with Gasteiger partial charge in [-0.1, -0.05) is 0 Å². The zero-order chi connectivity index (χ0) is 30.6. The van der Waals surface area contributed by atoms with Gasteiger partial charge in [-0.25, -0.2) is 0 Å². The highest BCUT2D eigenvalue weighted by atomic mass is 16.8. The third-order valence-corrected chi connectivity index (χ3v) is 7.93. The van der Waals surface area contributed by atoms with E-state index in [1.165, 1.54) is 0 Å². The van der Waals surface area contributed by atoms with Crippen LogP contribution in [0.1, 0.15) is 6.42 Å². The molecule has 2 aliphatic heterocycles. The number of hydrogen-bond acceptors (Lipinski definition) is 16. The summed E-state index contributed by atoms with van der Waals surface area (Å²) in [7, 11) is 1.59. The number of hydrogen-bond donors (Lipinski definition) is 10. The maximum atomic E-state index is 11.1. The minimum Gasteiger partial charge on any atom is -0.497 e. The number of nitrogens with two attached hydrogens (primary N) is 4. The van der Waals surface area contributed by atoms with Crippen molar-refractivity contribution in [1.29, 1.82) is 0 Å². The van der Waals surface area contributed by atoms with E-state index >= 15 is 0 Å². The smallest absolute Gasteiger partial charge is 0.187 e. The zero-order valence-corrected chi connectivity index (χ0v) is 23.4. The lowest BCUT2D eigenvalue weighted by atomic mass is 9.84. The van der Waals surface area contributed by atoms with Gasteiger partial charge in [-0.2, -0.15) is 0 Å². The van der Waals surface area contributed by atoms with Gasteiger partial charge in [0.2, 0.25) is 0 Å². The van der Waals surface area contributed by atoms with Crippen molar-refractivity contribution in [2.75, 3.05) is 38.7 Å². The van der Waals surface area contributed by atoms with E-state index in [1.54, 1.807) is 7.11 Å². The lowest BCUT2D eigenvalue weighted by Crippen LogP contribution is -2.64. The van der Waals surface area contributed by atoms with E-state index in [0.717, 1.165) is 11.4 Å². The van der Waals surface area contributed by atoms with Crippen LogP contribution in [0.5, 0.6) is 5.75 Å². The molecule has 14 N–H and O–H groups in total. The average molecular weight is 604 g/mol. The van der Waals surface area contributed by atoms with Crippen LogP contribution in [0.2, 0.25) is 0 Å². The Morgan fingerprint density at radius 2 is 1.50 bits per heavy atom. The van der Waals surface area contributed by atoms with E-state index in [1.807, 2.05) is 24.3 Å². The van der Waals surface area contributed by atoms with Crippen molar-refractivity contribution in [1.82, 2.24) is 0 Å². The van der Waals surface area contributed by atoms with Crippen molar-refractivity contribution in [2.24, 2.45) is 22.9 Å². The molecule has 240 valence electrons. The van der Waals surface area contributed by atoms with Crippen LogP contribution in [-0.2, 0) is 23.7 Å². The van der Waals surface area contributed by atoms with E-state index in [9.17, 15) is 25.5 Å². The van der Waals surface area contributed by atoms with Crippen molar-refractivity contribution < 1.29 is 54.0 Å². The molecule has 16 heteroatoms. The number of nitrogens with one attached hydrogen (secondary N) is 1. The molecule has 0 spiro atoms. The summed E-state index contributed by atoms with van der Waals surface area (Å²) in [5, 5.41) is 55.6. The van der Waals surface area contributed by atoms with Crippen LogP contribution in [-0.4, -0.2) is 145 Å². The fraction of sp³-hybridized carbons (Fsp3) is 0.769. The summed E-state index contributed by atoms with van der Waals surface area (Å²) in [6.07, 6.45) is -13.0. The molecule has 0 aromatic heterocycles. The van der Waals surface area contributed by atoms with Crippen LogP contribution in [0, 0.1) is 0 Å². The molecule has 3 fully saturated rings. The fourth-order valence-corrected chi connectivity index (χ4v) is 5.46. The quantitative estimate of drug-likeness (QED) is 0.101. The third kappa shape index (κ3) is 7.31. The molecule has 14 atom stereocenters. The van der Waals surface area contributed by atoms with Crippen molar-refractivity contribution in [3.05, 3.63) is 24.3 Å². The van der Waals surface area contributed by atoms with Gasteiger partial charge in [0.1, 0.15) is 54.6 Å². The second kappa shape index (κ2) is 14.8. The second-order valence-electron chi connectivity index (χ2n) is 10.8. The summed E-state index contributed by atoms with van der Waals surface area (Å²) in [6, 6.07) is 4.86. The van der Waals surface area contributed by atoms with Crippen LogP contribution < -0.4 is 33.0 Å². The van der Waals surface area contributed by atoms with Gasteiger partial charge in [-0.05, 0) is 30.7 Å². The van der Waals surface area contributed by atoms with Gasteiger partial charge in [0.15, 0.2) is 12.6 Å². The van der Waals surface area contributed by atoms with Crippen LogP contribution in [0.25, 0.3) is 0 Å². The van der Waals surface area contributed by atoms with Gasteiger partial charge in [0.05, 0.1) is 32.5 Å². The Bertz CT molecular complexity index is 965. The third-order valence-electron chi connectivity index (χ3n) is 7.93. The summed E-state index contributed by atoms with van der Waals surface area (Å²) < 4.78 is 34.4. The van der Waals surface area contributed by atoms with Crippen molar-refractivity contribution in [3.63, 3.8) is 0 Å². The first kappa shape index (κ1) is 33.2. The Morgan fingerprint density at radius 3 is 2.14 bits per heavy atom. The predicted octanol–water partition coefficient (Wildman–Crippen LogP) is -4.51. The SMILES string of the molecule is COc1ccc(NCCO[C@H]2[C@H](O[C@@H]3O[C@H](CO)[C@@H](O[C@@H]4O[C@H](CN)[C@H](O)[C@@H](O)[C@@H]4N)[C@H]3O)[C@@H](O)[C@H](N)C[C@@H]2N)cc1. The number of benzene rings is 1. The maximum Gasteiger partial charge on any atom is 0.187 e. The van der Waals surface area contributed by atoms with Gasteiger partial charge < -0.3 is 82.2 Å².